The van der Waals surface area contributed by atoms with E-state index in [2.05, 4.69) is 0 Å². The van der Waals surface area contributed by atoms with E-state index in [1.165, 1.54) is 26.4 Å². The summed E-state index contributed by atoms with van der Waals surface area (Å²) in [5, 5.41) is 0. The van der Waals surface area contributed by atoms with Crippen molar-refractivity contribution in [1.29, 1.82) is 0 Å². The smallest absolute Gasteiger partial charge is 0.163 e. The molecule has 0 amide bonds. The van der Waals surface area contributed by atoms with Crippen LogP contribution in [0.4, 0.5) is 11.4 Å². The SMILES string of the molecule is COc1cc([NH])c([NH])cc1OC. The summed E-state index contributed by atoms with van der Waals surface area (Å²) in [4.78, 5) is 0. The van der Waals surface area contributed by atoms with Crippen LogP contribution in [0, 0.1) is 0 Å². The molecule has 1 aromatic rings. The number of hydrogen-bond donors (Lipinski definition) is 0. The summed E-state index contributed by atoms with van der Waals surface area (Å²) in [6.07, 6.45) is 0. The number of ether oxygens (including phenoxy) is 2. The van der Waals surface area contributed by atoms with E-state index in [-0.39, 0.29) is 11.4 Å². The van der Waals surface area contributed by atoms with Crippen LogP contribution in [0.25, 0.3) is 0 Å². The Morgan fingerprint density at radius 3 is 1.50 bits per heavy atom. The van der Waals surface area contributed by atoms with Gasteiger partial charge in [-0.25, -0.2) is 0 Å². The maximum Gasteiger partial charge on any atom is 0.163 e. The molecule has 2 N–H and O–H groups in total. The predicted molar refractivity (Wildman–Crippen MR) is 45.1 cm³/mol. The zero-order chi connectivity index (χ0) is 9.14. The van der Waals surface area contributed by atoms with Crippen LogP contribution in [-0.2, 0) is 0 Å². The Bertz CT molecular complexity index is 258. The Balaban J connectivity index is 3.19. The number of nitrogens with one attached hydrogen (secondary N) is 2. The first kappa shape index (κ1) is 8.52. The van der Waals surface area contributed by atoms with Crippen LogP contribution >= 0.6 is 0 Å². The number of methoxy groups -OCH3 is 2. The van der Waals surface area contributed by atoms with E-state index in [1.807, 2.05) is 0 Å². The molecule has 0 heterocycles. The lowest BCUT2D eigenvalue weighted by Gasteiger charge is -2.08. The molecule has 0 aliphatic rings. The number of benzene rings is 1. The lowest BCUT2D eigenvalue weighted by Crippen LogP contribution is -1.90. The molecular weight excluding hydrogens is 156 g/mol. The Hall–Kier alpha value is -1.58. The first-order valence-corrected chi connectivity index (χ1v) is 3.38. The molecule has 0 saturated heterocycles. The van der Waals surface area contributed by atoms with Crippen molar-refractivity contribution in [2.24, 2.45) is 0 Å². The zero-order valence-corrected chi connectivity index (χ0v) is 6.97. The van der Waals surface area contributed by atoms with Gasteiger partial charge in [0.15, 0.2) is 11.5 Å². The maximum atomic E-state index is 7.31. The molecule has 0 unspecified atom stereocenters. The second-order valence-corrected chi connectivity index (χ2v) is 2.25. The molecule has 4 nitrogen and oxygen atoms in total. The van der Waals surface area contributed by atoms with Crippen LogP contribution in [0.2, 0.25) is 0 Å². The predicted octanol–water partition coefficient (Wildman–Crippen LogP) is 1.53. The third-order valence-corrected chi connectivity index (χ3v) is 1.52. The van der Waals surface area contributed by atoms with E-state index in [4.69, 9.17) is 20.9 Å². The van der Waals surface area contributed by atoms with Gasteiger partial charge in [0.2, 0.25) is 0 Å². The van der Waals surface area contributed by atoms with Gasteiger partial charge in [-0.05, 0) is 0 Å². The molecule has 0 aliphatic heterocycles. The normalized spacial score (nSPS) is 9.50. The van der Waals surface area contributed by atoms with Crippen LogP contribution < -0.4 is 20.9 Å². The Morgan fingerprint density at radius 2 is 1.25 bits per heavy atom. The summed E-state index contributed by atoms with van der Waals surface area (Å²) in [5.41, 5.74) is 14.9. The molecule has 0 aliphatic carbocycles. The topological polar surface area (TPSA) is 66.1 Å². The molecule has 2 radical (unpaired) electrons. The van der Waals surface area contributed by atoms with Crippen molar-refractivity contribution in [2.75, 3.05) is 14.2 Å². The highest BCUT2D eigenvalue weighted by Crippen LogP contribution is 2.34. The fraction of sp³-hybridized carbons (Fsp3) is 0.250. The highest BCUT2D eigenvalue weighted by Gasteiger charge is 2.06. The van der Waals surface area contributed by atoms with Gasteiger partial charge in [0.25, 0.3) is 0 Å². The largest absolute Gasteiger partial charge is 0.493 e. The van der Waals surface area contributed by atoms with E-state index in [0.717, 1.165) is 0 Å². The summed E-state index contributed by atoms with van der Waals surface area (Å²) >= 11 is 0. The van der Waals surface area contributed by atoms with E-state index in [0.29, 0.717) is 11.5 Å². The molecule has 0 bridgehead atoms. The van der Waals surface area contributed by atoms with Crippen molar-refractivity contribution < 1.29 is 9.47 Å². The fourth-order valence-electron chi connectivity index (χ4n) is 0.879. The molecule has 1 rings (SSSR count). The minimum atomic E-state index is 0.132. The van der Waals surface area contributed by atoms with Crippen molar-refractivity contribution in [3.8, 4) is 11.5 Å². The molecule has 12 heavy (non-hydrogen) atoms. The van der Waals surface area contributed by atoms with Crippen LogP contribution in [0.3, 0.4) is 0 Å². The maximum absolute atomic E-state index is 7.31. The molecule has 0 spiro atoms. The van der Waals surface area contributed by atoms with Gasteiger partial charge >= 0.3 is 0 Å². The Morgan fingerprint density at radius 1 is 0.917 bits per heavy atom. The third-order valence-electron chi connectivity index (χ3n) is 1.52. The van der Waals surface area contributed by atoms with E-state index >= 15 is 0 Å². The Labute approximate surface area is 71.1 Å². The van der Waals surface area contributed by atoms with Gasteiger partial charge in [-0.2, -0.15) is 0 Å². The van der Waals surface area contributed by atoms with Gasteiger partial charge in [0, 0.05) is 12.1 Å². The summed E-state index contributed by atoms with van der Waals surface area (Å²) < 4.78 is 9.89. The van der Waals surface area contributed by atoms with Crippen LogP contribution in [0.15, 0.2) is 12.1 Å². The van der Waals surface area contributed by atoms with Crippen molar-refractivity contribution in [3.05, 3.63) is 12.1 Å². The standard InChI is InChI=1S/C8H10N2O2/c1-11-7-3-5(9)6(10)4-8(7)12-2/h3-4,9-10H,1-2H3. The quantitative estimate of drug-likeness (QED) is 0.668. The van der Waals surface area contributed by atoms with Gasteiger partial charge in [-0.15, -0.1) is 0 Å². The molecule has 0 fully saturated rings. The summed E-state index contributed by atoms with van der Waals surface area (Å²) in [7, 11) is 3.00. The Kier molecular flexibility index (Phi) is 2.28. The second kappa shape index (κ2) is 3.21. The molecule has 1 aromatic carbocycles. The minimum absolute atomic E-state index is 0.132. The van der Waals surface area contributed by atoms with E-state index in [1.54, 1.807) is 0 Å². The van der Waals surface area contributed by atoms with Crippen LogP contribution in [0.5, 0.6) is 11.5 Å². The number of rotatable bonds is 2. The minimum Gasteiger partial charge on any atom is -0.493 e. The molecule has 0 aromatic heterocycles. The van der Waals surface area contributed by atoms with Gasteiger partial charge in [-0.3, -0.25) is 11.5 Å². The average Bonchev–Trinajstić information content (AvgIpc) is 2.09. The summed E-state index contributed by atoms with van der Waals surface area (Å²) in [6, 6.07) is 2.92. The first-order valence-electron chi connectivity index (χ1n) is 3.38. The molecule has 0 saturated carbocycles. The van der Waals surface area contributed by atoms with Crippen molar-refractivity contribution in [3.63, 3.8) is 0 Å². The van der Waals surface area contributed by atoms with Crippen LogP contribution in [0.1, 0.15) is 0 Å². The lowest BCUT2D eigenvalue weighted by atomic mass is 10.2. The van der Waals surface area contributed by atoms with Gasteiger partial charge in [-0.1, -0.05) is 0 Å². The van der Waals surface area contributed by atoms with Crippen molar-refractivity contribution in [1.82, 2.24) is 11.5 Å². The van der Waals surface area contributed by atoms with Gasteiger partial charge in [0.1, 0.15) is 0 Å². The van der Waals surface area contributed by atoms with E-state index in [9.17, 15) is 0 Å². The van der Waals surface area contributed by atoms with Crippen molar-refractivity contribution >= 4 is 11.4 Å². The summed E-state index contributed by atoms with van der Waals surface area (Å²) in [5.74, 6) is 0.969. The third kappa shape index (κ3) is 1.37. The average molecular weight is 166 g/mol. The van der Waals surface area contributed by atoms with Gasteiger partial charge < -0.3 is 9.47 Å². The lowest BCUT2D eigenvalue weighted by molar-refractivity contribution is 0.355. The second-order valence-electron chi connectivity index (χ2n) is 2.25. The molecule has 4 heteroatoms. The van der Waals surface area contributed by atoms with Crippen LogP contribution in [-0.4, -0.2) is 14.2 Å². The highest BCUT2D eigenvalue weighted by atomic mass is 16.5. The van der Waals surface area contributed by atoms with E-state index < -0.39 is 0 Å². The zero-order valence-electron chi connectivity index (χ0n) is 6.97. The monoisotopic (exact) mass is 166 g/mol. The molecular formula is C8H10N2O2. The fourth-order valence-corrected chi connectivity index (χ4v) is 0.879. The summed E-state index contributed by atoms with van der Waals surface area (Å²) in [6.45, 7) is 0. The van der Waals surface area contributed by atoms with Crippen molar-refractivity contribution in [2.45, 2.75) is 0 Å². The highest BCUT2D eigenvalue weighted by molar-refractivity contribution is 5.65. The van der Waals surface area contributed by atoms with Gasteiger partial charge in [0.05, 0.1) is 25.6 Å². The number of hydrogen-bond acceptors (Lipinski definition) is 2. The first-order chi connectivity index (χ1) is 5.69. The molecule has 0 atom stereocenters. The molecule has 64 valence electrons.